The van der Waals surface area contributed by atoms with Gasteiger partial charge in [0.25, 0.3) is 0 Å². The number of ether oxygens (including phenoxy) is 1. The molecule has 2 unspecified atom stereocenters. The second-order valence-corrected chi connectivity index (χ2v) is 4.41. The second-order valence-electron chi connectivity index (χ2n) is 4.41. The molecule has 1 fully saturated rings. The fraction of sp³-hybridized carbons (Fsp3) is 0.500. The van der Waals surface area contributed by atoms with Gasteiger partial charge in [-0.3, -0.25) is 4.99 Å². The van der Waals surface area contributed by atoms with Crippen LogP contribution in [0.4, 0.5) is 5.82 Å². The third-order valence-electron chi connectivity index (χ3n) is 3.10. The molecule has 1 aliphatic heterocycles. The maximum Gasteiger partial charge on any atom is 0.194 e. The van der Waals surface area contributed by atoms with Crippen molar-refractivity contribution in [2.45, 2.75) is 25.0 Å². The second kappa shape index (κ2) is 5.32. The Labute approximate surface area is 106 Å². The molecule has 1 aliphatic rings. The van der Waals surface area contributed by atoms with Gasteiger partial charge in [-0.05, 0) is 19.1 Å². The molecule has 0 amide bonds. The Morgan fingerprint density at radius 3 is 3.17 bits per heavy atom. The van der Waals surface area contributed by atoms with Crippen LogP contribution in [0, 0.1) is 0 Å². The number of aliphatic imine (C=N–C) groups is 1. The highest BCUT2D eigenvalue weighted by Crippen LogP contribution is 2.25. The first kappa shape index (κ1) is 12.8. The third kappa shape index (κ3) is 2.96. The molecule has 6 heteroatoms. The maximum atomic E-state index is 10.2. The predicted octanol–water partition coefficient (Wildman–Crippen LogP) is 0.348. The van der Waals surface area contributed by atoms with Crippen molar-refractivity contribution < 1.29 is 9.84 Å². The number of nitrogens with zero attached hydrogens (tertiary/aromatic N) is 2. The summed E-state index contributed by atoms with van der Waals surface area (Å²) in [5.74, 6) is 0.864. The van der Waals surface area contributed by atoms with Crippen LogP contribution in [0.2, 0.25) is 0 Å². The molecule has 2 rings (SSSR count). The zero-order valence-electron chi connectivity index (χ0n) is 10.3. The van der Waals surface area contributed by atoms with E-state index in [1.54, 1.807) is 12.3 Å². The van der Waals surface area contributed by atoms with Crippen LogP contribution in [-0.4, -0.2) is 40.9 Å². The van der Waals surface area contributed by atoms with Gasteiger partial charge < -0.3 is 20.9 Å². The van der Waals surface area contributed by atoms with Gasteiger partial charge in [-0.1, -0.05) is 6.07 Å². The first-order valence-electron chi connectivity index (χ1n) is 5.92. The van der Waals surface area contributed by atoms with Gasteiger partial charge in [-0.2, -0.15) is 0 Å². The number of hydrogen-bond acceptors (Lipinski definition) is 4. The fourth-order valence-electron chi connectivity index (χ4n) is 1.81. The lowest BCUT2D eigenvalue weighted by atomic mass is 9.97. The molecular formula is C12H18N4O2. The first-order chi connectivity index (χ1) is 8.60. The highest BCUT2D eigenvalue weighted by atomic mass is 16.5. The Kier molecular flexibility index (Phi) is 3.78. The SMILES string of the molecule is CC1OCCC1(O)CN=C(N)Nc1ccccn1. The molecule has 1 saturated heterocycles. The molecule has 0 saturated carbocycles. The number of pyridine rings is 1. The van der Waals surface area contributed by atoms with Crippen LogP contribution in [0.1, 0.15) is 13.3 Å². The van der Waals surface area contributed by atoms with Crippen LogP contribution < -0.4 is 11.1 Å². The van der Waals surface area contributed by atoms with Crippen LogP contribution in [0.15, 0.2) is 29.4 Å². The van der Waals surface area contributed by atoms with Crippen molar-refractivity contribution in [1.29, 1.82) is 0 Å². The van der Waals surface area contributed by atoms with Crippen molar-refractivity contribution >= 4 is 11.8 Å². The summed E-state index contributed by atoms with van der Waals surface area (Å²) in [6, 6.07) is 5.46. The van der Waals surface area contributed by atoms with Crippen LogP contribution in [-0.2, 0) is 4.74 Å². The van der Waals surface area contributed by atoms with Crippen molar-refractivity contribution in [3.63, 3.8) is 0 Å². The quantitative estimate of drug-likeness (QED) is 0.531. The lowest BCUT2D eigenvalue weighted by Crippen LogP contribution is -2.40. The summed E-state index contributed by atoms with van der Waals surface area (Å²) < 4.78 is 5.33. The predicted molar refractivity (Wildman–Crippen MR) is 69.3 cm³/mol. The maximum absolute atomic E-state index is 10.2. The number of nitrogens with two attached hydrogens (primary N) is 1. The topological polar surface area (TPSA) is 92.8 Å². The lowest BCUT2D eigenvalue weighted by Gasteiger charge is -2.23. The van der Waals surface area contributed by atoms with E-state index in [0.29, 0.717) is 18.8 Å². The molecule has 0 aromatic carbocycles. The third-order valence-corrected chi connectivity index (χ3v) is 3.10. The molecule has 4 N–H and O–H groups in total. The van der Waals surface area contributed by atoms with Crippen molar-refractivity contribution in [1.82, 2.24) is 4.98 Å². The summed E-state index contributed by atoms with van der Waals surface area (Å²) in [7, 11) is 0. The van der Waals surface area contributed by atoms with Gasteiger partial charge in [-0.25, -0.2) is 4.98 Å². The van der Waals surface area contributed by atoms with Crippen LogP contribution in [0.3, 0.4) is 0 Å². The molecular weight excluding hydrogens is 232 g/mol. The van der Waals surface area contributed by atoms with E-state index in [1.165, 1.54) is 0 Å². The summed E-state index contributed by atoms with van der Waals surface area (Å²) in [6.07, 6.45) is 2.02. The van der Waals surface area contributed by atoms with Crippen LogP contribution >= 0.6 is 0 Å². The summed E-state index contributed by atoms with van der Waals surface area (Å²) in [5, 5.41) is 13.1. The van der Waals surface area contributed by atoms with Crippen molar-refractivity contribution in [3.8, 4) is 0 Å². The van der Waals surface area contributed by atoms with Gasteiger partial charge >= 0.3 is 0 Å². The van der Waals surface area contributed by atoms with Crippen LogP contribution in [0.5, 0.6) is 0 Å². The normalized spacial score (nSPS) is 28.3. The molecule has 0 spiro atoms. The first-order valence-corrected chi connectivity index (χ1v) is 5.92. The number of guanidine groups is 1. The van der Waals surface area contributed by atoms with E-state index in [4.69, 9.17) is 10.5 Å². The fourth-order valence-corrected chi connectivity index (χ4v) is 1.81. The summed E-state index contributed by atoms with van der Waals surface area (Å²) in [4.78, 5) is 8.21. The Bertz CT molecular complexity index is 423. The number of anilines is 1. The lowest BCUT2D eigenvalue weighted by molar-refractivity contribution is -0.0201. The molecule has 18 heavy (non-hydrogen) atoms. The zero-order valence-corrected chi connectivity index (χ0v) is 10.3. The van der Waals surface area contributed by atoms with E-state index in [9.17, 15) is 5.11 Å². The molecule has 1 aromatic rings. The smallest absolute Gasteiger partial charge is 0.194 e. The van der Waals surface area contributed by atoms with Crippen molar-refractivity contribution in [2.75, 3.05) is 18.5 Å². The van der Waals surface area contributed by atoms with Gasteiger partial charge in [0, 0.05) is 19.2 Å². The van der Waals surface area contributed by atoms with E-state index < -0.39 is 5.60 Å². The largest absolute Gasteiger partial charge is 0.385 e. The molecule has 2 atom stereocenters. The molecule has 0 bridgehead atoms. The van der Waals surface area contributed by atoms with E-state index in [2.05, 4.69) is 15.3 Å². The minimum absolute atomic E-state index is 0.219. The average molecular weight is 250 g/mol. The Balaban J connectivity index is 1.93. The highest BCUT2D eigenvalue weighted by molar-refractivity contribution is 5.91. The average Bonchev–Trinajstić information content (AvgIpc) is 2.69. The monoisotopic (exact) mass is 250 g/mol. The van der Waals surface area contributed by atoms with E-state index in [1.807, 2.05) is 19.1 Å². The molecule has 98 valence electrons. The van der Waals surface area contributed by atoms with E-state index >= 15 is 0 Å². The highest BCUT2D eigenvalue weighted by Gasteiger charge is 2.39. The molecule has 0 radical (unpaired) electrons. The van der Waals surface area contributed by atoms with Gasteiger partial charge in [0.2, 0.25) is 0 Å². The molecule has 1 aromatic heterocycles. The van der Waals surface area contributed by atoms with Gasteiger partial charge in [-0.15, -0.1) is 0 Å². The van der Waals surface area contributed by atoms with Crippen LogP contribution in [0.25, 0.3) is 0 Å². The summed E-state index contributed by atoms with van der Waals surface area (Å²) in [6.45, 7) is 2.62. The van der Waals surface area contributed by atoms with Crippen molar-refractivity contribution in [3.05, 3.63) is 24.4 Å². The minimum atomic E-state index is -0.920. The Morgan fingerprint density at radius 1 is 1.72 bits per heavy atom. The number of hydrogen-bond donors (Lipinski definition) is 3. The van der Waals surface area contributed by atoms with E-state index in [0.717, 1.165) is 0 Å². The number of nitrogens with one attached hydrogen (secondary N) is 1. The van der Waals surface area contributed by atoms with E-state index in [-0.39, 0.29) is 18.6 Å². The molecule has 0 aliphatic carbocycles. The van der Waals surface area contributed by atoms with Crippen molar-refractivity contribution in [2.24, 2.45) is 10.7 Å². The number of aliphatic hydroxyl groups is 1. The van der Waals surface area contributed by atoms with Gasteiger partial charge in [0.15, 0.2) is 5.96 Å². The molecule has 6 nitrogen and oxygen atoms in total. The minimum Gasteiger partial charge on any atom is -0.385 e. The summed E-state index contributed by atoms with van der Waals surface area (Å²) >= 11 is 0. The van der Waals surface area contributed by atoms with Gasteiger partial charge in [0.05, 0.1) is 12.6 Å². The Morgan fingerprint density at radius 2 is 2.56 bits per heavy atom. The number of aromatic nitrogens is 1. The Hall–Kier alpha value is -1.66. The summed E-state index contributed by atoms with van der Waals surface area (Å²) in [5.41, 5.74) is 4.81. The van der Waals surface area contributed by atoms with Gasteiger partial charge in [0.1, 0.15) is 11.4 Å². The zero-order chi connectivity index (χ0) is 13.0. The number of rotatable bonds is 3. The molecule has 2 heterocycles. The standard InChI is InChI=1S/C12H18N4O2/c1-9-12(17,5-7-18-9)8-15-11(13)16-10-4-2-3-6-14-10/h2-4,6,9,17H,5,7-8H2,1H3,(H3,13,14,15,16).